The topological polar surface area (TPSA) is 99.7 Å². The quantitative estimate of drug-likeness (QED) is 0.382. The number of hydrogen-bond donors (Lipinski definition) is 3. The Morgan fingerprint density at radius 2 is 1.62 bits per heavy atom. The highest BCUT2D eigenvalue weighted by Crippen LogP contribution is 2.19. The number of amides is 3. The number of halogens is 1. The lowest BCUT2D eigenvalue weighted by atomic mass is 10.1. The summed E-state index contributed by atoms with van der Waals surface area (Å²) in [5.74, 6) is -2.11. The Balaban J connectivity index is 1.83. The highest BCUT2D eigenvalue weighted by molar-refractivity contribution is 6.40. The van der Waals surface area contributed by atoms with Crippen LogP contribution in [0.5, 0.6) is 0 Å². The van der Waals surface area contributed by atoms with Gasteiger partial charge in [0.1, 0.15) is 0 Å². The van der Waals surface area contributed by atoms with E-state index in [0.29, 0.717) is 22.1 Å². The maximum Gasteiger partial charge on any atom is 0.329 e. The number of anilines is 2. The molecule has 0 bridgehead atoms. The summed E-state index contributed by atoms with van der Waals surface area (Å²) < 4.78 is 0. The van der Waals surface area contributed by atoms with E-state index >= 15 is 0 Å². The summed E-state index contributed by atoms with van der Waals surface area (Å²) in [6.07, 6.45) is 0.898. The van der Waals surface area contributed by atoms with Crippen molar-refractivity contribution in [3.63, 3.8) is 0 Å². The summed E-state index contributed by atoms with van der Waals surface area (Å²) >= 11 is 5.99. The number of hydrogen-bond acceptors (Lipinski definition) is 4. The molecule has 8 heteroatoms. The Bertz CT molecular complexity index is 939. The molecule has 0 radical (unpaired) electrons. The van der Waals surface area contributed by atoms with E-state index < -0.39 is 11.8 Å². The molecule has 0 saturated heterocycles. The van der Waals surface area contributed by atoms with Crippen molar-refractivity contribution in [3.8, 4) is 0 Å². The zero-order valence-corrected chi connectivity index (χ0v) is 17.3. The summed E-state index contributed by atoms with van der Waals surface area (Å²) in [5.41, 5.74) is 5.60. The zero-order valence-electron chi connectivity index (χ0n) is 16.5. The zero-order chi connectivity index (χ0) is 21.4. The second kappa shape index (κ2) is 10.4. The first kappa shape index (κ1) is 22.1. The van der Waals surface area contributed by atoms with Gasteiger partial charge in [-0.15, -0.1) is 0 Å². The fraction of sp³-hybridized carbons (Fsp3) is 0.238. The Hall–Kier alpha value is -3.19. The van der Waals surface area contributed by atoms with E-state index in [4.69, 9.17) is 11.6 Å². The van der Waals surface area contributed by atoms with Crippen molar-refractivity contribution in [2.45, 2.75) is 33.6 Å². The number of aryl methyl sites for hydroxylation is 2. The van der Waals surface area contributed by atoms with Gasteiger partial charge in [-0.05, 0) is 55.7 Å². The van der Waals surface area contributed by atoms with Crippen LogP contribution in [0.4, 0.5) is 11.4 Å². The second-order valence-electron chi connectivity index (χ2n) is 6.48. The average Bonchev–Trinajstić information content (AvgIpc) is 2.69. The molecule has 0 atom stereocenters. The van der Waals surface area contributed by atoms with Crippen molar-refractivity contribution in [1.29, 1.82) is 0 Å². The van der Waals surface area contributed by atoms with Gasteiger partial charge in [-0.2, -0.15) is 5.10 Å². The fourth-order valence-corrected chi connectivity index (χ4v) is 2.54. The van der Waals surface area contributed by atoms with Gasteiger partial charge in [0.05, 0.1) is 6.42 Å². The molecule has 0 aliphatic heterocycles. The lowest BCUT2D eigenvalue weighted by molar-refractivity contribution is -0.136. The first-order valence-corrected chi connectivity index (χ1v) is 9.45. The SMILES string of the molecule is CCc1ccc(NC(=O)C/C(C)=N/NC(=O)C(=O)Nc2ccc(C)c(Cl)c2)cc1. The summed E-state index contributed by atoms with van der Waals surface area (Å²) in [6.45, 7) is 5.46. The van der Waals surface area contributed by atoms with Crippen molar-refractivity contribution < 1.29 is 14.4 Å². The third kappa shape index (κ3) is 7.04. The van der Waals surface area contributed by atoms with Crippen LogP contribution in [0, 0.1) is 6.92 Å². The molecule has 0 saturated carbocycles. The lowest BCUT2D eigenvalue weighted by Gasteiger charge is -2.07. The number of rotatable bonds is 6. The van der Waals surface area contributed by atoms with Gasteiger partial charge < -0.3 is 10.6 Å². The van der Waals surface area contributed by atoms with Gasteiger partial charge in [0.2, 0.25) is 5.91 Å². The van der Waals surface area contributed by atoms with Crippen LogP contribution in [0.2, 0.25) is 5.02 Å². The molecule has 2 aromatic rings. The number of nitrogens with one attached hydrogen (secondary N) is 3. The van der Waals surface area contributed by atoms with E-state index in [0.717, 1.165) is 12.0 Å². The van der Waals surface area contributed by atoms with E-state index in [-0.39, 0.29) is 12.3 Å². The maximum absolute atomic E-state index is 12.1. The van der Waals surface area contributed by atoms with Gasteiger partial charge in [0, 0.05) is 22.1 Å². The van der Waals surface area contributed by atoms with Crippen LogP contribution in [0.3, 0.4) is 0 Å². The summed E-state index contributed by atoms with van der Waals surface area (Å²) in [4.78, 5) is 35.9. The van der Waals surface area contributed by atoms with Gasteiger partial charge in [-0.25, -0.2) is 5.43 Å². The molecule has 152 valence electrons. The number of benzene rings is 2. The molecule has 2 aromatic carbocycles. The summed E-state index contributed by atoms with van der Waals surface area (Å²) in [6, 6.07) is 12.4. The number of carbonyl (C=O) groups is 3. The minimum Gasteiger partial charge on any atom is -0.326 e. The predicted molar refractivity (Wildman–Crippen MR) is 115 cm³/mol. The Morgan fingerprint density at radius 3 is 2.24 bits per heavy atom. The van der Waals surface area contributed by atoms with Crippen LogP contribution >= 0.6 is 11.6 Å². The van der Waals surface area contributed by atoms with Crippen molar-refractivity contribution in [3.05, 3.63) is 58.6 Å². The minimum atomic E-state index is -0.948. The molecule has 0 aliphatic carbocycles. The number of hydrazone groups is 1. The minimum absolute atomic E-state index is 0.0228. The van der Waals surface area contributed by atoms with Crippen LogP contribution in [0.25, 0.3) is 0 Å². The largest absolute Gasteiger partial charge is 0.329 e. The number of nitrogens with zero attached hydrogens (tertiary/aromatic N) is 1. The fourth-order valence-electron chi connectivity index (χ4n) is 2.36. The molecule has 7 nitrogen and oxygen atoms in total. The lowest BCUT2D eigenvalue weighted by Crippen LogP contribution is -2.33. The van der Waals surface area contributed by atoms with E-state index in [1.807, 2.05) is 31.2 Å². The van der Waals surface area contributed by atoms with Crippen molar-refractivity contribution in [1.82, 2.24) is 5.43 Å². The first-order chi connectivity index (χ1) is 13.8. The smallest absolute Gasteiger partial charge is 0.326 e. The van der Waals surface area contributed by atoms with Gasteiger partial charge in [0.15, 0.2) is 0 Å². The Kier molecular flexibility index (Phi) is 7.91. The molecule has 29 heavy (non-hydrogen) atoms. The molecule has 0 aliphatic rings. The molecule has 0 aromatic heterocycles. The number of carbonyl (C=O) groups excluding carboxylic acids is 3. The monoisotopic (exact) mass is 414 g/mol. The summed E-state index contributed by atoms with van der Waals surface area (Å²) in [5, 5.41) is 9.46. The highest BCUT2D eigenvalue weighted by atomic mass is 35.5. The predicted octanol–water partition coefficient (Wildman–Crippen LogP) is 3.67. The Labute approximate surface area is 174 Å². The summed E-state index contributed by atoms with van der Waals surface area (Å²) in [7, 11) is 0. The third-order valence-electron chi connectivity index (χ3n) is 4.05. The van der Waals surface area contributed by atoms with Crippen molar-refractivity contribution >= 4 is 46.4 Å². The van der Waals surface area contributed by atoms with Crippen LogP contribution in [-0.4, -0.2) is 23.4 Å². The van der Waals surface area contributed by atoms with Crippen molar-refractivity contribution in [2.75, 3.05) is 10.6 Å². The molecular weight excluding hydrogens is 392 g/mol. The normalized spacial score (nSPS) is 11.0. The molecule has 0 unspecified atom stereocenters. The van der Waals surface area contributed by atoms with Crippen LogP contribution in [-0.2, 0) is 20.8 Å². The molecule has 3 amide bonds. The van der Waals surface area contributed by atoms with Crippen LogP contribution in [0.1, 0.15) is 31.4 Å². The van der Waals surface area contributed by atoms with E-state index in [1.165, 1.54) is 5.56 Å². The van der Waals surface area contributed by atoms with E-state index in [1.54, 1.807) is 25.1 Å². The third-order valence-corrected chi connectivity index (χ3v) is 4.45. The first-order valence-electron chi connectivity index (χ1n) is 9.08. The van der Waals surface area contributed by atoms with Gasteiger partial charge >= 0.3 is 11.8 Å². The molecule has 2 rings (SSSR count). The van der Waals surface area contributed by atoms with E-state index in [9.17, 15) is 14.4 Å². The highest BCUT2D eigenvalue weighted by Gasteiger charge is 2.14. The van der Waals surface area contributed by atoms with Gasteiger partial charge in [-0.1, -0.05) is 36.7 Å². The Morgan fingerprint density at radius 1 is 0.966 bits per heavy atom. The van der Waals surface area contributed by atoms with E-state index in [2.05, 4.69) is 28.1 Å². The average molecular weight is 415 g/mol. The van der Waals surface area contributed by atoms with Gasteiger partial charge in [0.25, 0.3) is 0 Å². The standard InChI is InChI=1S/C21H23ClN4O3/c1-4-15-6-9-16(10-7-15)23-19(27)11-14(3)25-26-21(29)20(28)24-17-8-5-13(2)18(22)12-17/h5-10,12H,4,11H2,1-3H3,(H,23,27)(H,24,28)(H,26,29)/b25-14+. The molecule has 0 fully saturated rings. The van der Waals surface area contributed by atoms with Crippen LogP contribution in [0.15, 0.2) is 47.6 Å². The molecule has 0 spiro atoms. The van der Waals surface area contributed by atoms with Crippen LogP contribution < -0.4 is 16.1 Å². The molecule has 0 heterocycles. The maximum atomic E-state index is 12.1. The second-order valence-corrected chi connectivity index (χ2v) is 6.89. The molecule has 3 N–H and O–H groups in total. The van der Waals surface area contributed by atoms with Crippen molar-refractivity contribution in [2.24, 2.45) is 5.10 Å². The molecular formula is C21H23ClN4O3. The van der Waals surface area contributed by atoms with Gasteiger partial charge in [-0.3, -0.25) is 14.4 Å².